The molecule has 0 aliphatic carbocycles. The zero-order valence-corrected chi connectivity index (χ0v) is 18.1. The van der Waals surface area contributed by atoms with Crippen molar-refractivity contribution < 1.29 is 19.1 Å². The first-order chi connectivity index (χ1) is 13.8. The van der Waals surface area contributed by atoms with Gasteiger partial charge in [0.2, 0.25) is 5.54 Å². The first-order valence-electron chi connectivity index (χ1n) is 8.39. The molecule has 0 spiro atoms. The van der Waals surface area contributed by atoms with Gasteiger partial charge in [0.25, 0.3) is 11.8 Å². The molecule has 10 heteroatoms. The minimum absolute atomic E-state index is 0.0896. The molecule has 0 unspecified atom stereocenters. The predicted octanol–water partition coefficient (Wildman–Crippen LogP) is 2.76. The van der Waals surface area contributed by atoms with Crippen molar-refractivity contribution in [3.63, 3.8) is 0 Å². The topological polar surface area (TPSA) is 87.7 Å². The average Bonchev–Trinajstić information content (AvgIpc) is 3.27. The lowest BCUT2D eigenvalue weighted by Gasteiger charge is -2.26. The van der Waals surface area contributed by atoms with Crippen molar-refractivity contribution in [1.82, 2.24) is 15.5 Å². The van der Waals surface area contributed by atoms with Gasteiger partial charge >= 0.3 is 6.03 Å². The number of urea groups is 1. The van der Waals surface area contributed by atoms with Gasteiger partial charge in [0.15, 0.2) is 0 Å². The van der Waals surface area contributed by atoms with Crippen LogP contribution in [-0.2, 0) is 11.3 Å². The van der Waals surface area contributed by atoms with Crippen molar-refractivity contribution in [2.45, 2.75) is 12.1 Å². The van der Waals surface area contributed by atoms with Gasteiger partial charge in [-0.3, -0.25) is 14.9 Å². The Morgan fingerprint density at radius 3 is 2.76 bits per heavy atom. The molecule has 1 aromatic heterocycles. The number of benzene rings is 1. The summed E-state index contributed by atoms with van der Waals surface area (Å²) in [7, 11) is 1.52. The molecule has 2 aliphatic heterocycles. The van der Waals surface area contributed by atoms with E-state index in [1.54, 1.807) is 18.2 Å². The summed E-state index contributed by atoms with van der Waals surface area (Å²) in [6.07, 6.45) is 0. The Morgan fingerprint density at radius 1 is 1.34 bits per heavy atom. The molecule has 2 aromatic rings. The Balaban J connectivity index is 1.65. The lowest BCUT2D eigenvalue weighted by molar-refractivity contribution is -0.122. The van der Waals surface area contributed by atoms with E-state index < -0.39 is 17.5 Å². The van der Waals surface area contributed by atoms with E-state index in [-0.39, 0.29) is 12.5 Å². The monoisotopic (exact) mass is 493 g/mol. The molecule has 0 saturated carbocycles. The van der Waals surface area contributed by atoms with Crippen LogP contribution in [0.5, 0.6) is 5.75 Å². The normalized spacial score (nSPS) is 20.1. The predicted molar refractivity (Wildman–Crippen MR) is 111 cm³/mol. The van der Waals surface area contributed by atoms with Gasteiger partial charge in [-0.1, -0.05) is 29.5 Å². The van der Waals surface area contributed by atoms with E-state index in [0.29, 0.717) is 27.8 Å². The van der Waals surface area contributed by atoms with Gasteiger partial charge in [-0.15, -0.1) is 11.3 Å². The molecule has 148 valence electrons. The molecule has 1 atom stereocenters. The van der Waals surface area contributed by atoms with Gasteiger partial charge < -0.3 is 15.0 Å². The molecule has 2 N–H and O–H groups in total. The molecule has 29 heavy (non-hydrogen) atoms. The zero-order valence-electron chi connectivity index (χ0n) is 15.0. The number of carbonyl (C=O) groups excluding carboxylic acids is 3. The highest BCUT2D eigenvalue weighted by atomic mass is 79.9. The van der Waals surface area contributed by atoms with E-state index in [0.717, 1.165) is 9.35 Å². The number of hydrogen-bond acceptors (Lipinski definition) is 5. The van der Waals surface area contributed by atoms with E-state index in [9.17, 15) is 14.4 Å². The van der Waals surface area contributed by atoms with Crippen LogP contribution in [0.25, 0.3) is 0 Å². The number of nitrogens with zero attached hydrogens (tertiary/aromatic N) is 1. The minimum atomic E-state index is -1.55. The maximum Gasteiger partial charge on any atom is 0.323 e. The summed E-state index contributed by atoms with van der Waals surface area (Å²) in [6.45, 7) is 0.217. The Morgan fingerprint density at radius 2 is 2.14 bits per heavy atom. The quantitative estimate of drug-likeness (QED) is 0.507. The molecule has 0 radical (unpaired) electrons. The largest absolute Gasteiger partial charge is 0.497 e. The molecule has 0 bridgehead atoms. The van der Waals surface area contributed by atoms with Crippen LogP contribution in [0.3, 0.4) is 0 Å². The van der Waals surface area contributed by atoms with Crippen molar-refractivity contribution >= 4 is 56.7 Å². The Bertz CT molecular complexity index is 1100. The number of halogens is 2. The highest BCUT2D eigenvalue weighted by Gasteiger charge is 2.48. The molecule has 1 fully saturated rings. The third-order valence-electron chi connectivity index (χ3n) is 4.61. The van der Waals surface area contributed by atoms with Crippen LogP contribution in [0.4, 0.5) is 4.79 Å². The smallest absolute Gasteiger partial charge is 0.323 e. The lowest BCUT2D eigenvalue weighted by Crippen LogP contribution is -2.54. The van der Waals surface area contributed by atoms with Gasteiger partial charge in [0, 0.05) is 12.1 Å². The number of hydrogen-bond donors (Lipinski definition) is 2. The third kappa shape index (κ3) is 3.59. The van der Waals surface area contributed by atoms with Crippen molar-refractivity contribution in [2.24, 2.45) is 0 Å². The molecular formula is C19H13BrClN3O4S. The summed E-state index contributed by atoms with van der Waals surface area (Å²) >= 11 is 10.7. The van der Waals surface area contributed by atoms with Crippen LogP contribution >= 0.6 is 38.9 Å². The van der Waals surface area contributed by atoms with Gasteiger partial charge in [0.05, 0.1) is 27.3 Å². The number of imide groups is 1. The highest BCUT2D eigenvalue weighted by Crippen LogP contribution is 2.32. The Kier molecular flexibility index (Phi) is 5.02. The van der Waals surface area contributed by atoms with E-state index >= 15 is 0 Å². The van der Waals surface area contributed by atoms with Crippen LogP contribution in [0, 0.1) is 11.8 Å². The molecule has 2 aliphatic rings. The fourth-order valence-electron chi connectivity index (χ4n) is 3.19. The standard InChI is InChI=1S/C19H13BrClN3O4S/c1-28-11-3-2-10-8-24(16(25)13(10)6-11)9-19(17(26)22-18(27)23-19)5-4-12-7-14(21)15(20)29-12/h2-3,6-7H,8-9H2,1H3,(H2,22,23,26,27)/t19-/m1/s1. The van der Waals surface area contributed by atoms with Crippen LogP contribution < -0.4 is 15.4 Å². The fourth-order valence-corrected chi connectivity index (χ4v) is 4.74. The number of amides is 4. The van der Waals surface area contributed by atoms with Crippen LogP contribution in [0.15, 0.2) is 28.1 Å². The summed E-state index contributed by atoms with van der Waals surface area (Å²) in [5.74, 6) is 5.45. The minimum Gasteiger partial charge on any atom is -0.497 e. The second kappa shape index (κ2) is 7.37. The van der Waals surface area contributed by atoms with E-state index in [4.69, 9.17) is 16.3 Å². The summed E-state index contributed by atoms with van der Waals surface area (Å²) in [4.78, 5) is 39.4. The second-order valence-electron chi connectivity index (χ2n) is 6.48. The molecule has 7 nitrogen and oxygen atoms in total. The molecule has 4 rings (SSSR count). The zero-order chi connectivity index (χ0) is 20.8. The Labute approximate surface area is 183 Å². The fraction of sp³-hybridized carbons (Fsp3) is 0.211. The van der Waals surface area contributed by atoms with Crippen LogP contribution in [-0.4, -0.2) is 41.9 Å². The highest BCUT2D eigenvalue weighted by molar-refractivity contribution is 9.11. The number of rotatable bonds is 3. The number of carbonyl (C=O) groups is 3. The van der Waals surface area contributed by atoms with Gasteiger partial charge in [-0.2, -0.15) is 0 Å². The number of methoxy groups -OCH3 is 1. The number of nitrogens with one attached hydrogen (secondary N) is 2. The number of thiophene rings is 1. The summed E-state index contributed by atoms with van der Waals surface area (Å²) in [5, 5.41) is 5.29. The van der Waals surface area contributed by atoms with Crippen molar-refractivity contribution in [1.29, 1.82) is 0 Å². The molecule has 1 aromatic carbocycles. The molecule has 1 saturated heterocycles. The van der Waals surface area contributed by atoms with Crippen molar-refractivity contribution in [2.75, 3.05) is 13.7 Å². The van der Waals surface area contributed by atoms with E-state index in [2.05, 4.69) is 38.4 Å². The van der Waals surface area contributed by atoms with Crippen LogP contribution in [0.1, 0.15) is 20.8 Å². The SMILES string of the molecule is COc1ccc2c(c1)C(=O)N(C[C@@]1(C#Cc3cc(Cl)c(Br)s3)NC(=O)NC1=O)C2. The maximum atomic E-state index is 12.9. The molecule has 3 heterocycles. The average molecular weight is 495 g/mol. The lowest BCUT2D eigenvalue weighted by atomic mass is 9.99. The maximum absolute atomic E-state index is 12.9. The van der Waals surface area contributed by atoms with E-state index in [1.807, 2.05) is 6.07 Å². The summed E-state index contributed by atoms with van der Waals surface area (Å²) in [5.41, 5.74) is -0.231. The summed E-state index contributed by atoms with van der Waals surface area (Å²) < 4.78 is 5.90. The van der Waals surface area contributed by atoms with Crippen molar-refractivity contribution in [3.8, 4) is 17.6 Å². The Hall–Kier alpha value is -2.54. The third-order valence-corrected chi connectivity index (χ3v) is 7.00. The van der Waals surface area contributed by atoms with Gasteiger partial charge in [0.1, 0.15) is 5.75 Å². The number of fused-ring (bicyclic) bond motifs is 1. The van der Waals surface area contributed by atoms with Crippen LogP contribution in [0.2, 0.25) is 5.02 Å². The van der Waals surface area contributed by atoms with Gasteiger partial charge in [-0.25, -0.2) is 4.79 Å². The molecular weight excluding hydrogens is 482 g/mol. The number of ether oxygens (including phenoxy) is 1. The first kappa shape index (κ1) is 19.8. The van der Waals surface area contributed by atoms with Gasteiger partial charge in [-0.05, 0) is 39.7 Å². The van der Waals surface area contributed by atoms with E-state index in [1.165, 1.54) is 23.3 Å². The first-order valence-corrected chi connectivity index (χ1v) is 10.4. The van der Waals surface area contributed by atoms with Crippen molar-refractivity contribution in [3.05, 3.63) is 49.1 Å². The second-order valence-corrected chi connectivity index (χ2v) is 9.26. The molecule has 4 amide bonds. The summed E-state index contributed by atoms with van der Waals surface area (Å²) in [6, 6.07) is 6.25.